The van der Waals surface area contributed by atoms with Crippen molar-refractivity contribution in [2.24, 2.45) is 10.8 Å². The van der Waals surface area contributed by atoms with E-state index in [1.54, 1.807) is 12.2 Å². The van der Waals surface area contributed by atoms with Crippen LogP contribution in [0.25, 0.3) is 0 Å². The maximum atomic E-state index is 9.41. The van der Waals surface area contributed by atoms with E-state index in [4.69, 9.17) is 0 Å². The highest BCUT2D eigenvalue weighted by molar-refractivity contribution is 4.98. The Morgan fingerprint density at radius 2 is 0.900 bits per heavy atom. The minimum Gasteiger partial charge on any atom is -0.396 e. The molecule has 0 unspecified atom stereocenters. The van der Waals surface area contributed by atoms with E-state index in [9.17, 15) is 20.4 Å². The van der Waals surface area contributed by atoms with Gasteiger partial charge in [0, 0.05) is 10.8 Å². The number of rotatable bonds is 12. The number of hydrogen-bond donors (Lipinski definition) is 4. The molecule has 0 saturated heterocycles. The van der Waals surface area contributed by atoms with E-state index in [0.29, 0.717) is 25.7 Å². The fraction of sp³-hybridized carbons (Fsp3) is 0.625. The Morgan fingerprint density at radius 3 is 1.10 bits per heavy atom. The van der Waals surface area contributed by atoms with Crippen LogP contribution in [0, 0.1) is 10.8 Å². The van der Waals surface area contributed by atoms with E-state index in [0.717, 1.165) is 0 Å². The van der Waals surface area contributed by atoms with Gasteiger partial charge in [0.25, 0.3) is 0 Å². The van der Waals surface area contributed by atoms with Crippen LogP contribution in [0.4, 0.5) is 0 Å². The molecule has 0 spiro atoms. The Bertz CT molecular complexity index is 272. The monoisotopic (exact) mass is 284 g/mol. The summed E-state index contributed by atoms with van der Waals surface area (Å²) in [5, 5.41) is 37.6. The van der Waals surface area contributed by atoms with Gasteiger partial charge >= 0.3 is 0 Å². The zero-order valence-electron chi connectivity index (χ0n) is 12.2. The molecule has 0 fully saturated rings. The first-order chi connectivity index (χ1) is 9.57. The van der Waals surface area contributed by atoms with Gasteiger partial charge in [0.2, 0.25) is 0 Å². The zero-order chi connectivity index (χ0) is 15.5. The Labute approximate surface area is 121 Å². The van der Waals surface area contributed by atoms with Gasteiger partial charge in [-0.05, 0) is 25.7 Å². The SMILES string of the molecule is C=CCC(CO)(CO)CC=CCC(CO)(CO)CC=C. The molecular weight excluding hydrogens is 256 g/mol. The third-order valence-electron chi connectivity index (χ3n) is 3.76. The van der Waals surface area contributed by atoms with Crippen molar-refractivity contribution in [3.63, 3.8) is 0 Å². The Balaban J connectivity index is 4.62. The smallest absolute Gasteiger partial charge is 0.0515 e. The molecule has 116 valence electrons. The van der Waals surface area contributed by atoms with E-state index >= 15 is 0 Å². The third kappa shape index (κ3) is 5.59. The molecule has 0 aliphatic heterocycles. The van der Waals surface area contributed by atoms with Crippen LogP contribution in [0.15, 0.2) is 37.5 Å². The fourth-order valence-corrected chi connectivity index (χ4v) is 2.06. The van der Waals surface area contributed by atoms with Crippen LogP contribution in [0.1, 0.15) is 25.7 Å². The van der Waals surface area contributed by atoms with Crippen LogP contribution < -0.4 is 0 Å². The minimum absolute atomic E-state index is 0.113. The Kier molecular flexibility index (Phi) is 9.42. The maximum absolute atomic E-state index is 9.41. The normalized spacial score (nSPS) is 12.8. The van der Waals surface area contributed by atoms with Crippen LogP contribution in [0.5, 0.6) is 0 Å². The molecule has 0 atom stereocenters. The lowest BCUT2D eigenvalue weighted by Crippen LogP contribution is -2.29. The van der Waals surface area contributed by atoms with Gasteiger partial charge in [-0.3, -0.25) is 0 Å². The van der Waals surface area contributed by atoms with E-state index in [2.05, 4.69) is 13.2 Å². The highest BCUT2D eigenvalue weighted by Crippen LogP contribution is 2.29. The van der Waals surface area contributed by atoms with Gasteiger partial charge in [-0.1, -0.05) is 24.3 Å². The molecule has 0 heterocycles. The quantitative estimate of drug-likeness (QED) is 0.409. The molecule has 0 aliphatic carbocycles. The predicted molar refractivity (Wildman–Crippen MR) is 81.2 cm³/mol. The van der Waals surface area contributed by atoms with Crippen LogP contribution in [0.2, 0.25) is 0 Å². The molecule has 0 aliphatic rings. The number of aliphatic hydroxyl groups excluding tert-OH is 4. The topological polar surface area (TPSA) is 80.9 Å². The van der Waals surface area contributed by atoms with Gasteiger partial charge < -0.3 is 20.4 Å². The average Bonchev–Trinajstić information content (AvgIpc) is 2.49. The highest BCUT2D eigenvalue weighted by atomic mass is 16.3. The molecule has 0 amide bonds. The molecule has 4 N–H and O–H groups in total. The second-order valence-electron chi connectivity index (χ2n) is 5.50. The molecule has 0 aromatic carbocycles. The summed E-state index contributed by atoms with van der Waals surface area (Å²) in [4.78, 5) is 0. The Hall–Kier alpha value is -0.940. The van der Waals surface area contributed by atoms with Gasteiger partial charge in [-0.2, -0.15) is 0 Å². The van der Waals surface area contributed by atoms with E-state index < -0.39 is 10.8 Å². The van der Waals surface area contributed by atoms with Crippen molar-refractivity contribution in [3.05, 3.63) is 37.5 Å². The summed E-state index contributed by atoms with van der Waals surface area (Å²) in [6.45, 7) is 6.82. The summed E-state index contributed by atoms with van der Waals surface area (Å²) in [5.74, 6) is 0. The first-order valence-corrected chi connectivity index (χ1v) is 6.88. The Morgan fingerprint density at radius 1 is 0.600 bits per heavy atom. The summed E-state index contributed by atoms with van der Waals surface area (Å²) >= 11 is 0. The van der Waals surface area contributed by atoms with E-state index in [1.807, 2.05) is 12.2 Å². The standard InChI is InChI=1S/C16H28O4/c1-3-7-15(11-17,12-18)9-5-6-10-16(13-19,14-20)8-4-2/h3-6,17-20H,1-2,7-14H2. The van der Waals surface area contributed by atoms with Crippen LogP contribution >= 0.6 is 0 Å². The number of hydrogen-bond acceptors (Lipinski definition) is 4. The third-order valence-corrected chi connectivity index (χ3v) is 3.76. The number of allylic oxidation sites excluding steroid dienone is 4. The van der Waals surface area contributed by atoms with Crippen molar-refractivity contribution >= 4 is 0 Å². The molecular formula is C16H28O4. The van der Waals surface area contributed by atoms with Crippen LogP contribution in [-0.2, 0) is 0 Å². The zero-order valence-corrected chi connectivity index (χ0v) is 12.2. The second kappa shape index (κ2) is 9.88. The summed E-state index contributed by atoms with van der Waals surface area (Å²) < 4.78 is 0. The van der Waals surface area contributed by atoms with Crippen LogP contribution in [0.3, 0.4) is 0 Å². The van der Waals surface area contributed by atoms with Crippen molar-refractivity contribution in [1.82, 2.24) is 0 Å². The van der Waals surface area contributed by atoms with E-state index in [-0.39, 0.29) is 26.4 Å². The maximum Gasteiger partial charge on any atom is 0.0515 e. The summed E-state index contributed by atoms with van der Waals surface area (Å²) in [6.07, 6.45) is 9.22. The largest absolute Gasteiger partial charge is 0.396 e. The van der Waals surface area contributed by atoms with Gasteiger partial charge in [0.05, 0.1) is 26.4 Å². The molecule has 4 heteroatoms. The van der Waals surface area contributed by atoms with E-state index in [1.165, 1.54) is 0 Å². The van der Waals surface area contributed by atoms with Crippen molar-refractivity contribution in [1.29, 1.82) is 0 Å². The predicted octanol–water partition coefficient (Wildman–Crippen LogP) is 1.42. The molecule has 0 aromatic rings. The van der Waals surface area contributed by atoms with Gasteiger partial charge in [-0.25, -0.2) is 0 Å². The first-order valence-electron chi connectivity index (χ1n) is 6.88. The summed E-state index contributed by atoms with van der Waals surface area (Å²) in [6, 6.07) is 0. The fourth-order valence-electron chi connectivity index (χ4n) is 2.06. The molecule has 0 aromatic heterocycles. The number of aliphatic hydroxyl groups is 4. The molecule has 0 bridgehead atoms. The van der Waals surface area contributed by atoms with Crippen LogP contribution in [-0.4, -0.2) is 46.9 Å². The molecule has 20 heavy (non-hydrogen) atoms. The average molecular weight is 284 g/mol. The van der Waals surface area contributed by atoms with Gasteiger partial charge in [0.15, 0.2) is 0 Å². The lowest BCUT2D eigenvalue weighted by atomic mass is 9.80. The van der Waals surface area contributed by atoms with Gasteiger partial charge in [0.1, 0.15) is 0 Å². The molecule has 0 saturated carbocycles. The lowest BCUT2D eigenvalue weighted by Gasteiger charge is -2.28. The highest BCUT2D eigenvalue weighted by Gasteiger charge is 2.27. The minimum atomic E-state index is -0.586. The van der Waals surface area contributed by atoms with Gasteiger partial charge in [-0.15, -0.1) is 13.2 Å². The summed E-state index contributed by atoms with van der Waals surface area (Å²) in [5.41, 5.74) is -1.17. The molecule has 0 rings (SSSR count). The van der Waals surface area contributed by atoms with Crippen molar-refractivity contribution < 1.29 is 20.4 Å². The second-order valence-corrected chi connectivity index (χ2v) is 5.50. The van der Waals surface area contributed by atoms with Crippen molar-refractivity contribution in [2.75, 3.05) is 26.4 Å². The lowest BCUT2D eigenvalue weighted by molar-refractivity contribution is 0.0560. The van der Waals surface area contributed by atoms with Crippen molar-refractivity contribution in [3.8, 4) is 0 Å². The summed E-state index contributed by atoms with van der Waals surface area (Å²) in [7, 11) is 0. The first kappa shape index (κ1) is 19.1. The molecule has 4 nitrogen and oxygen atoms in total. The molecule has 0 radical (unpaired) electrons. The van der Waals surface area contributed by atoms with Crippen molar-refractivity contribution in [2.45, 2.75) is 25.7 Å².